The van der Waals surface area contributed by atoms with Crippen LogP contribution in [-0.4, -0.2) is 89.9 Å². The molecule has 0 heterocycles. The number of hydrogen-bond acceptors (Lipinski definition) is 25. The predicted octanol–water partition coefficient (Wildman–Crippen LogP) is -19.0. The Morgan fingerprint density at radius 2 is 0.383 bits per heavy atom. The zero-order chi connectivity index (χ0) is 37.2. The largest absolute Gasteiger partial charge is 0.550 e. The molecular formula is C20H25N5O20V2-10. The van der Waals surface area contributed by atoms with Gasteiger partial charge in [0.2, 0.25) is 0 Å². The summed E-state index contributed by atoms with van der Waals surface area (Å²) in [5, 5.41) is 96.7. The van der Waals surface area contributed by atoms with E-state index in [0.717, 1.165) is 0 Å². The molecule has 0 aliphatic heterocycles. The van der Waals surface area contributed by atoms with Crippen LogP contribution < -0.4 is 79.7 Å². The minimum absolute atomic E-state index is 0. The number of aliphatic carboxylic acids is 10. The summed E-state index contributed by atoms with van der Waals surface area (Å²) >= 11 is 0. The number of carboxylic acids is 10. The molecule has 0 saturated carbocycles. The van der Waals surface area contributed by atoms with Crippen LogP contribution in [0.25, 0.3) is 0 Å². The standard InChI is InChI=1S/5C4H7NO4.2V/c5*5-2(4(8)9)1-3(6)7;;/h5*2H,1,5H2,(H,6,7)(H,8,9);;/p-10. The Hall–Kier alpha value is -4.33. The molecule has 0 aliphatic rings. The fraction of sp³-hybridized carbons (Fsp3) is 0.500. The Labute approximate surface area is 286 Å². The maximum Gasteiger partial charge on any atom is 0.0586 e. The van der Waals surface area contributed by atoms with Crippen molar-refractivity contribution in [1.29, 1.82) is 0 Å². The number of carboxylic acid groups (broad SMARTS) is 10. The molecule has 0 fully saturated rings. The van der Waals surface area contributed by atoms with E-state index in [1.54, 1.807) is 0 Å². The summed E-state index contributed by atoms with van der Waals surface area (Å²) in [4.78, 5) is 96.7. The van der Waals surface area contributed by atoms with E-state index in [1.165, 1.54) is 0 Å². The first-order valence-electron chi connectivity index (χ1n) is 11.0. The molecule has 0 rings (SSSR count). The second kappa shape index (κ2) is 33.0. The number of hydrogen-bond donors (Lipinski definition) is 5. The number of rotatable bonds is 15. The third-order valence-electron chi connectivity index (χ3n) is 3.45. The maximum atomic E-state index is 9.71. The monoisotopic (exact) mass is 757 g/mol. The molecule has 0 aliphatic carbocycles. The quantitative estimate of drug-likeness (QED) is 0.103. The summed E-state index contributed by atoms with van der Waals surface area (Å²) in [7, 11) is 0. The van der Waals surface area contributed by atoms with Gasteiger partial charge in [-0.1, -0.05) is 0 Å². The predicted molar refractivity (Wildman–Crippen MR) is 113 cm³/mol. The molecule has 0 aromatic rings. The summed E-state index contributed by atoms with van der Waals surface area (Å²) in [6.45, 7) is 0. The third kappa shape index (κ3) is 51.5. The minimum atomic E-state index is -1.58. The van der Waals surface area contributed by atoms with Gasteiger partial charge < -0.3 is 128 Å². The van der Waals surface area contributed by atoms with Gasteiger partial charge in [-0.25, -0.2) is 0 Å². The first-order valence-corrected chi connectivity index (χ1v) is 11.0. The van der Waals surface area contributed by atoms with Gasteiger partial charge in [0.15, 0.2) is 0 Å². The Balaban J connectivity index is -0.0000000842. The maximum absolute atomic E-state index is 9.71. The minimum Gasteiger partial charge on any atom is -0.550 e. The molecule has 2 radical (unpaired) electrons. The average molecular weight is 757 g/mol. The van der Waals surface area contributed by atoms with Crippen LogP contribution in [0.1, 0.15) is 32.1 Å². The topological polar surface area (TPSA) is 531 Å². The summed E-state index contributed by atoms with van der Waals surface area (Å²) in [6.07, 6.45) is -3.53. The van der Waals surface area contributed by atoms with E-state index in [2.05, 4.69) is 0 Å². The van der Waals surface area contributed by atoms with Crippen molar-refractivity contribution < 1.29 is 136 Å². The van der Waals surface area contributed by atoms with E-state index in [1.807, 2.05) is 0 Å². The normalized spacial score (nSPS) is 12.0. The molecule has 5 unspecified atom stereocenters. The van der Waals surface area contributed by atoms with Crippen molar-refractivity contribution in [1.82, 2.24) is 0 Å². The Morgan fingerprint density at radius 1 is 0.298 bits per heavy atom. The molecule has 0 bridgehead atoms. The SMILES string of the molecule is NC(CC(=O)[O-])C(=O)[O-].NC(CC(=O)[O-])C(=O)[O-].NC(CC(=O)[O-])C(=O)[O-].NC(CC(=O)[O-])C(=O)[O-].NC(CC(=O)[O-])C(=O)[O-].[V].[V]. The van der Waals surface area contributed by atoms with Crippen molar-refractivity contribution in [3.8, 4) is 0 Å². The van der Waals surface area contributed by atoms with Crippen LogP contribution >= 0.6 is 0 Å². The molecule has 47 heavy (non-hydrogen) atoms. The van der Waals surface area contributed by atoms with E-state index < -0.39 is 122 Å². The van der Waals surface area contributed by atoms with Crippen LogP contribution in [0.3, 0.4) is 0 Å². The van der Waals surface area contributed by atoms with E-state index in [-0.39, 0.29) is 37.1 Å². The van der Waals surface area contributed by atoms with Gasteiger partial charge in [0, 0.05) is 129 Å². The van der Waals surface area contributed by atoms with Crippen molar-refractivity contribution in [3.05, 3.63) is 0 Å². The molecule has 0 amide bonds. The van der Waals surface area contributed by atoms with Crippen LogP contribution in [0.5, 0.6) is 0 Å². The molecule has 0 aromatic carbocycles. The molecule has 0 saturated heterocycles. The summed E-state index contributed by atoms with van der Waals surface area (Å²) in [5.74, 6) is -15.4. The molecular weight excluding hydrogens is 732 g/mol. The first-order chi connectivity index (χ1) is 20.2. The number of nitrogens with two attached hydrogens (primary N) is 5. The van der Waals surface area contributed by atoms with Crippen molar-refractivity contribution in [2.75, 3.05) is 0 Å². The first kappa shape index (κ1) is 58.2. The smallest absolute Gasteiger partial charge is 0.0586 e. The van der Waals surface area contributed by atoms with Crippen molar-refractivity contribution in [2.45, 2.75) is 62.3 Å². The van der Waals surface area contributed by atoms with Gasteiger partial charge in [-0.05, 0) is 0 Å². The van der Waals surface area contributed by atoms with E-state index in [4.69, 9.17) is 28.7 Å². The van der Waals surface area contributed by atoms with Crippen LogP contribution in [0.2, 0.25) is 0 Å². The summed E-state index contributed by atoms with van der Waals surface area (Å²) in [5.41, 5.74) is 23.7. The van der Waals surface area contributed by atoms with Gasteiger partial charge in [-0.3, -0.25) is 0 Å². The zero-order valence-electron chi connectivity index (χ0n) is 23.4. The van der Waals surface area contributed by atoms with Gasteiger partial charge in [-0.2, -0.15) is 0 Å². The van der Waals surface area contributed by atoms with Crippen molar-refractivity contribution in [2.24, 2.45) is 28.7 Å². The molecule has 0 spiro atoms. The number of carbonyl (C=O) groups is 10. The van der Waals surface area contributed by atoms with Gasteiger partial charge in [0.05, 0.1) is 29.8 Å². The van der Waals surface area contributed by atoms with Gasteiger partial charge in [0.1, 0.15) is 0 Å². The third-order valence-corrected chi connectivity index (χ3v) is 3.45. The van der Waals surface area contributed by atoms with E-state index >= 15 is 0 Å². The van der Waals surface area contributed by atoms with E-state index in [9.17, 15) is 99.0 Å². The van der Waals surface area contributed by atoms with Crippen LogP contribution in [0, 0.1) is 0 Å². The molecule has 270 valence electrons. The second-order valence-electron chi connectivity index (χ2n) is 7.51. The molecule has 0 aromatic heterocycles. The summed E-state index contributed by atoms with van der Waals surface area (Å²) < 4.78 is 0. The Kier molecular flexibility index (Phi) is 40.9. The summed E-state index contributed by atoms with van der Waals surface area (Å²) in [6, 6.07) is -7.31. The van der Waals surface area contributed by atoms with E-state index in [0.29, 0.717) is 0 Å². The molecule has 5 atom stereocenters. The Bertz CT molecular complexity index is 860. The van der Waals surface area contributed by atoms with Crippen molar-refractivity contribution in [3.63, 3.8) is 0 Å². The number of carbonyl (C=O) groups excluding carboxylic acids is 10. The van der Waals surface area contributed by atoms with Crippen LogP contribution in [-0.2, 0) is 85.1 Å². The van der Waals surface area contributed by atoms with Gasteiger partial charge in [-0.15, -0.1) is 0 Å². The van der Waals surface area contributed by atoms with Crippen molar-refractivity contribution >= 4 is 59.7 Å². The average Bonchev–Trinajstić information content (AvgIpc) is 2.83. The fourth-order valence-electron chi connectivity index (χ4n) is 1.31. The van der Waals surface area contributed by atoms with Crippen LogP contribution in [0.15, 0.2) is 0 Å². The fourth-order valence-corrected chi connectivity index (χ4v) is 1.31. The van der Waals surface area contributed by atoms with Gasteiger partial charge in [0.25, 0.3) is 0 Å². The second-order valence-corrected chi connectivity index (χ2v) is 7.51. The Morgan fingerprint density at radius 3 is 0.404 bits per heavy atom. The molecule has 10 N–H and O–H groups in total. The van der Waals surface area contributed by atoms with Gasteiger partial charge >= 0.3 is 0 Å². The zero-order valence-corrected chi connectivity index (χ0v) is 26.2. The molecule has 27 heteroatoms. The molecule has 25 nitrogen and oxygen atoms in total. The van der Waals surface area contributed by atoms with Crippen LogP contribution in [0.4, 0.5) is 0 Å².